The molecule has 2 aromatic heterocycles. The van der Waals surface area contributed by atoms with Crippen LogP contribution in [0.4, 0.5) is 5.95 Å². The summed E-state index contributed by atoms with van der Waals surface area (Å²) in [5.74, 6) is 1.57. The first kappa shape index (κ1) is 21.3. The normalized spacial score (nSPS) is 16.3. The molecule has 1 atom stereocenters. The van der Waals surface area contributed by atoms with E-state index in [9.17, 15) is 0 Å². The highest BCUT2D eigenvalue weighted by molar-refractivity contribution is 5.78. The van der Waals surface area contributed by atoms with Gasteiger partial charge in [0.2, 0.25) is 5.95 Å². The van der Waals surface area contributed by atoms with Gasteiger partial charge in [-0.3, -0.25) is 9.88 Å². The quantitative estimate of drug-likeness (QED) is 0.416. The Morgan fingerprint density at radius 3 is 2.82 bits per heavy atom. The van der Waals surface area contributed by atoms with E-state index in [1.807, 2.05) is 49.6 Å². The molecule has 6 heteroatoms. The van der Waals surface area contributed by atoms with Crippen LogP contribution < -0.4 is 9.64 Å². The van der Waals surface area contributed by atoms with Gasteiger partial charge in [0.05, 0.1) is 24.4 Å². The van der Waals surface area contributed by atoms with Crippen molar-refractivity contribution >= 4 is 16.9 Å². The first-order chi connectivity index (χ1) is 16.1. The van der Waals surface area contributed by atoms with E-state index < -0.39 is 0 Å². The largest absolute Gasteiger partial charge is 0.497 e. The number of ether oxygens (including phenoxy) is 1. The summed E-state index contributed by atoms with van der Waals surface area (Å²) in [5.41, 5.74) is 5.57. The number of nitrogens with zero attached hydrogens (tertiary/aromatic N) is 5. The van der Waals surface area contributed by atoms with Crippen LogP contribution >= 0.6 is 0 Å². The van der Waals surface area contributed by atoms with Gasteiger partial charge in [-0.2, -0.15) is 0 Å². The molecule has 3 heterocycles. The number of fused-ring (bicyclic) bond motifs is 1. The highest BCUT2D eigenvalue weighted by Crippen LogP contribution is 2.38. The molecule has 0 bridgehead atoms. The molecule has 1 aliphatic rings. The predicted octanol–water partition coefficient (Wildman–Crippen LogP) is 5.10. The second-order valence-corrected chi connectivity index (χ2v) is 8.75. The van der Waals surface area contributed by atoms with Crippen molar-refractivity contribution in [3.63, 3.8) is 0 Å². The van der Waals surface area contributed by atoms with Crippen molar-refractivity contribution in [1.82, 2.24) is 19.9 Å². The Balaban J connectivity index is 1.52. The lowest BCUT2D eigenvalue weighted by molar-refractivity contribution is 0.245. The zero-order valence-electron chi connectivity index (χ0n) is 19.4. The molecular formula is C27H29N5O. The standard InChI is InChI=1S/C27H29N5O/c1-31(2)27-29-17-23(20-7-4-9-22(16-20)33-3)26(30-27)25-10-6-14-32(25)18-19-11-12-24-21(15-19)8-5-13-28-24/h4-5,7-9,11-13,15-17,25H,6,10,14,18H2,1-3H3. The summed E-state index contributed by atoms with van der Waals surface area (Å²) in [5, 5.41) is 1.18. The van der Waals surface area contributed by atoms with Gasteiger partial charge in [-0.1, -0.05) is 24.3 Å². The van der Waals surface area contributed by atoms with E-state index in [0.717, 1.165) is 60.0 Å². The summed E-state index contributed by atoms with van der Waals surface area (Å²) in [7, 11) is 5.67. The number of aromatic nitrogens is 3. The van der Waals surface area contributed by atoms with E-state index in [1.165, 1.54) is 10.9 Å². The molecule has 0 saturated carbocycles. The van der Waals surface area contributed by atoms with Crippen LogP contribution in [0, 0.1) is 0 Å². The van der Waals surface area contributed by atoms with Crippen molar-refractivity contribution in [2.75, 3.05) is 32.6 Å². The summed E-state index contributed by atoms with van der Waals surface area (Å²) in [6.45, 7) is 1.93. The van der Waals surface area contributed by atoms with Crippen LogP contribution in [-0.4, -0.2) is 47.6 Å². The molecule has 33 heavy (non-hydrogen) atoms. The summed E-state index contributed by atoms with van der Waals surface area (Å²) in [6.07, 6.45) is 6.04. The fraction of sp³-hybridized carbons (Fsp3) is 0.296. The molecule has 168 valence electrons. The van der Waals surface area contributed by atoms with E-state index in [-0.39, 0.29) is 6.04 Å². The minimum atomic E-state index is 0.234. The molecule has 5 rings (SSSR count). The average Bonchev–Trinajstić information content (AvgIpc) is 3.31. The Hall–Kier alpha value is -3.51. The van der Waals surface area contributed by atoms with E-state index in [2.05, 4.69) is 51.3 Å². The van der Waals surface area contributed by atoms with E-state index in [0.29, 0.717) is 0 Å². The van der Waals surface area contributed by atoms with Crippen molar-refractivity contribution in [2.45, 2.75) is 25.4 Å². The smallest absolute Gasteiger partial charge is 0.225 e. The molecule has 0 aliphatic carbocycles. The van der Waals surface area contributed by atoms with Crippen molar-refractivity contribution in [3.05, 3.63) is 78.2 Å². The predicted molar refractivity (Wildman–Crippen MR) is 132 cm³/mol. The fourth-order valence-corrected chi connectivity index (χ4v) is 4.65. The number of rotatable bonds is 6. The Labute approximate surface area is 194 Å². The molecule has 0 N–H and O–H groups in total. The van der Waals surface area contributed by atoms with Crippen LogP contribution in [-0.2, 0) is 6.54 Å². The summed E-state index contributed by atoms with van der Waals surface area (Å²) in [4.78, 5) is 18.7. The minimum absolute atomic E-state index is 0.234. The SMILES string of the molecule is COc1cccc(-c2cnc(N(C)C)nc2C2CCCN2Cc2ccc3ncccc3c2)c1. The number of hydrogen-bond acceptors (Lipinski definition) is 6. The molecule has 0 spiro atoms. The van der Waals surface area contributed by atoms with Crippen molar-refractivity contribution in [1.29, 1.82) is 0 Å². The van der Waals surface area contributed by atoms with Gasteiger partial charge in [0.15, 0.2) is 0 Å². The molecule has 6 nitrogen and oxygen atoms in total. The van der Waals surface area contributed by atoms with Crippen LogP contribution in [0.2, 0.25) is 0 Å². The summed E-state index contributed by atoms with van der Waals surface area (Å²) in [6, 6.07) is 19.1. The first-order valence-electron chi connectivity index (χ1n) is 11.4. The minimum Gasteiger partial charge on any atom is -0.497 e. The topological polar surface area (TPSA) is 54.4 Å². The average molecular weight is 440 g/mol. The van der Waals surface area contributed by atoms with E-state index in [1.54, 1.807) is 7.11 Å². The number of hydrogen-bond donors (Lipinski definition) is 0. The lowest BCUT2D eigenvalue weighted by atomic mass is 9.99. The van der Waals surface area contributed by atoms with Crippen LogP contribution in [0.5, 0.6) is 5.75 Å². The number of benzene rings is 2. The summed E-state index contributed by atoms with van der Waals surface area (Å²) < 4.78 is 5.47. The van der Waals surface area contributed by atoms with Gasteiger partial charge in [-0.05, 0) is 60.8 Å². The highest BCUT2D eigenvalue weighted by atomic mass is 16.5. The van der Waals surface area contributed by atoms with Crippen LogP contribution in [0.25, 0.3) is 22.0 Å². The maximum atomic E-state index is 5.47. The van der Waals surface area contributed by atoms with Gasteiger partial charge in [-0.25, -0.2) is 9.97 Å². The number of likely N-dealkylation sites (tertiary alicyclic amines) is 1. The van der Waals surface area contributed by atoms with E-state index in [4.69, 9.17) is 9.72 Å². The Bertz CT molecular complexity index is 1270. The van der Waals surface area contributed by atoms with Gasteiger partial charge in [0.25, 0.3) is 0 Å². The molecular weight excluding hydrogens is 410 g/mol. The maximum Gasteiger partial charge on any atom is 0.225 e. The Morgan fingerprint density at radius 2 is 1.97 bits per heavy atom. The fourth-order valence-electron chi connectivity index (χ4n) is 4.65. The van der Waals surface area contributed by atoms with Crippen LogP contribution in [0.1, 0.15) is 30.1 Å². The van der Waals surface area contributed by atoms with Gasteiger partial charge < -0.3 is 9.64 Å². The van der Waals surface area contributed by atoms with Crippen LogP contribution in [0.3, 0.4) is 0 Å². The maximum absolute atomic E-state index is 5.47. The van der Waals surface area contributed by atoms with Gasteiger partial charge >= 0.3 is 0 Å². The number of methoxy groups -OCH3 is 1. The first-order valence-corrected chi connectivity index (χ1v) is 11.4. The second kappa shape index (κ2) is 9.16. The third kappa shape index (κ3) is 4.39. The molecule has 2 aromatic carbocycles. The molecule has 1 aliphatic heterocycles. The van der Waals surface area contributed by atoms with Crippen LogP contribution in [0.15, 0.2) is 67.0 Å². The molecule has 0 radical (unpaired) electrons. The van der Waals surface area contributed by atoms with Gasteiger partial charge in [-0.15, -0.1) is 0 Å². The Kier molecular flexibility index (Phi) is 5.92. The van der Waals surface area contributed by atoms with Gasteiger partial charge in [0.1, 0.15) is 5.75 Å². The molecule has 1 saturated heterocycles. The monoisotopic (exact) mass is 439 g/mol. The molecule has 4 aromatic rings. The molecule has 0 amide bonds. The van der Waals surface area contributed by atoms with E-state index >= 15 is 0 Å². The van der Waals surface area contributed by atoms with Crippen molar-refractivity contribution in [2.24, 2.45) is 0 Å². The lowest BCUT2D eigenvalue weighted by Crippen LogP contribution is -2.25. The van der Waals surface area contributed by atoms with Crippen molar-refractivity contribution < 1.29 is 4.74 Å². The number of anilines is 1. The Morgan fingerprint density at radius 1 is 1.06 bits per heavy atom. The summed E-state index contributed by atoms with van der Waals surface area (Å²) >= 11 is 0. The molecule has 1 fully saturated rings. The zero-order valence-corrected chi connectivity index (χ0v) is 19.4. The lowest BCUT2D eigenvalue weighted by Gasteiger charge is -2.27. The molecule has 1 unspecified atom stereocenters. The van der Waals surface area contributed by atoms with Gasteiger partial charge in [0, 0.05) is 44.0 Å². The highest BCUT2D eigenvalue weighted by Gasteiger charge is 2.30. The van der Waals surface area contributed by atoms with Crippen molar-refractivity contribution in [3.8, 4) is 16.9 Å². The third-order valence-electron chi connectivity index (χ3n) is 6.32. The zero-order chi connectivity index (χ0) is 22.8. The third-order valence-corrected chi connectivity index (χ3v) is 6.32. The second-order valence-electron chi connectivity index (χ2n) is 8.75. The number of pyridine rings is 1.